The van der Waals surface area contributed by atoms with Gasteiger partial charge in [0.05, 0.1) is 16.9 Å². The van der Waals surface area contributed by atoms with Crippen molar-refractivity contribution in [1.29, 1.82) is 0 Å². The third-order valence-electron chi connectivity index (χ3n) is 2.50. The van der Waals surface area contributed by atoms with Gasteiger partial charge in [-0.3, -0.25) is 4.79 Å². The third kappa shape index (κ3) is 2.52. The molecule has 2 rings (SSSR count). The number of amides is 1. The summed E-state index contributed by atoms with van der Waals surface area (Å²) in [7, 11) is 0. The van der Waals surface area contributed by atoms with Crippen LogP contribution in [0.3, 0.4) is 0 Å². The molecule has 0 unspecified atom stereocenters. The largest absolute Gasteiger partial charge is 0.395 e. The van der Waals surface area contributed by atoms with Gasteiger partial charge in [0.25, 0.3) is 5.91 Å². The van der Waals surface area contributed by atoms with Crippen molar-refractivity contribution in [3.63, 3.8) is 0 Å². The summed E-state index contributed by atoms with van der Waals surface area (Å²) < 4.78 is 39.4. The molecule has 0 aromatic heterocycles. The molecule has 98 valence electrons. The molecular weight excluding hydrogens is 257 g/mol. The standard InChI is InChI=1S/C13H9F3N2O/c14-8-4-2-1-3-7(8)13(19)18-10-6-5-9(15)11(16)12(10)17/h1-6H,17H2,(H,18,19). The lowest BCUT2D eigenvalue weighted by Crippen LogP contribution is -2.15. The quantitative estimate of drug-likeness (QED) is 0.821. The van der Waals surface area contributed by atoms with Crippen molar-refractivity contribution in [1.82, 2.24) is 0 Å². The average Bonchev–Trinajstić information content (AvgIpc) is 2.40. The van der Waals surface area contributed by atoms with E-state index in [1.54, 1.807) is 0 Å². The monoisotopic (exact) mass is 266 g/mol. The molecule has 0 atom stereocenters. The van der Waals surface area contributed by atoms with E-state index in [2.05, 4.69) is 5.32 Å². The number of carbonyl (C=O) groups is 1. The Bertz CT molecular complexity index is 644. The van der Waals surface area contributed by atoms with E-state index in [4.69, 9.17) is 5.73 Å². The summed E-state index contributed by atoms with van der Waals surface area (Å²) in [4.78, 5) is 11.8. The predicted molar refractivity (Wildman–Crippen MR) is 65.1 cm³/mol. The van der Waals surface area contributed by atoms with Crippen molar-refractivity contribution in [3.8, 4) is 0 Å². The minimum Gasteiger partial charge on any atom is -0.395 e. The highest BCUT2D eigenvalue weighted by molar-refractivity contribution is 6.05. The molecule has 0 bridgehead atoms. The Labute approximate surface area is 106 Å². The fourth-order valence-corrected chi connectivity index (χ4v) is 1.51. The normalized spacial score (nSPS) is 10.3. The Hall–Kier alpha value is -2.50. The van der Waals surface area contributed by atoms with Gasteiger partial charge in [-0.05, 0) is 24.3 Å². The second kappa shape index (κ2) is 5.01. The number of rotatable bonds is 2. The van der Waals surface area contributed by atoms with E-state index in [0.717, 1.165) is 18.2 Å². The molecule has 0 aliphatic heterocycles. The number of nitrogens with one attached hydrogen (secondary N) is 1. The first-order valence-electron chi connectivity index (χ1n) is 5.30. The van der Waals surface area contributed by atoms with Gasteiger partial charge in [0, 0.05) is 0 Å². The lowest BCUT2D eigenvalue weighted by atomic mass is 10.2. The van der Waals surface area contributed by atoms with Crippen molar-refractivity contribution < 1.29 is 18.0 Å². The van der Waals surface area contributed by atoms with Crippen molar-refractivity contribution in [2.75, 3.05) is 11.1 Å². The van der Waals surface area contributed by atoms with E-state index < -0.39 is 29.0 Å². The molecule has 3 nitrogen and oxygen atoms in total. The van der Waals surface area contributed by atoms with E-state index in [1.165, 1.54) is 18.2 Å². The zero-order valence-electron chi connectivity index (χ0n) is 9.58. The van der Waals surface area contributed by atoms with Gasteiger partial charge < -0.3 is 11.1 Å². The lowest BCUT2D eigenvalue weighted by molar-refractivity contribution is 0.102. The van der Waals surface area contributed by atoms with Crippen LogP contribution in [0.1, 0.15) is 10.4 Å². The molecular formula is C13H9F3N2O. The third-order valence-corrected chi connectivity index (χ3v) is 2.50. The minimum absolute atomic E-state index is 0.118. The van der Waals surface area contributed by atoms with Gasteiger partial charge in [0.15, 0.2) is 11.6 Å². The van der Waals surface area contributed by atoms with Gasteiger partial charge in [0.1, 0.15) is 5.82 Å². The molecule has 0 spiro atoms. The van der Waals surface area contributed by atoms with Gasteiger partial charge in [0.2, 0.25) is 0 Å². The van der Waals surface area contributed by atoms with Crippen LogP contribution in [-0.4, -0.2) is 5.91 Å². The summed E-state index contributed by atoms with van der Waals surface area (Å²) in [5.41, 5.74) is 4.45. The molecule has 0 heterocycles. The van der Waals surface area contributed by atoms with E-state index in [9.17, 15) is 18.0 Å². The Kier molecular flexibility index (Phi) is 3.41. The Morgan fingerprint density at radius 3 is 2.37 bits per heavy atom. The Balaban J connectivity index is 2.30. The number of anilines is 2. The summed E-state index contributed by atoms with van der Waals surface area (Å²) >= 11 is 0. The van der Waals surface area contributed by atoms with Crippen LogP contribution in [0.5, 0.6) is 0 Å². The molecule has 0 aliphatic carbocycles. The molecule has 2 aromatic carbocycles. The number of nitrogens with two attached hydrogens (primary N) is 1. The second-order valence-corrected chi connectivity index (χ2v) is 3.76. The fraction of sp³-hybridized carbons (Fsp3) is 0. The van der Waals surface area contributed by atoms with E-state index in [-0.39, 0.29) is 11.3 Å². The van der Waals surface area contributed by atoms with Crippen LogP contribution in [-0.2, 0) is 0 Å². The molecule has 0 saturated heterocycles. The smallest absolute Gasteiger partial charge is 0.258 e. The molecule has 1 amide bonds. The van der Waals surface area contributed by atoms with Gasteiger partial charge in [-0.2, -0.15) is 0 Å². The zero-order valence-corrected chi connectivity index (χ0v) is 9.58. The highest BCUT2D eigenvalue weighted by atomic mass is 19.2. The first-order valence-corrected chi connectivity index (χ1v) is 5.30. The summed E-state index contributed by atoms with van der Waals surface area (Å²) in [5, 5.41) is 2.22. The van der Waals surface area contributed by atoms with E-state index >= 15 is 0 Å². The summed E-state index contributed by atoms with van der Waals surface area (Å²) in [5.74, 6) is -3.90. The average molecular weight is 266 g/mol. The minimum atomic E-state index is -1.26. The summed E-state index contributed by atoms with van der Waals surface area (Å²) in [6.45, 7) is 0. The molecule has 6 heteroatoms. The molecule has 0 fully saturated rings. The maximum Gasteiger partial charge on any atom is 0.258 e. The van der Waals surface area contributed by atoms with Gasteiger partial charge in [-0.15, -0.1) is 0 Å². The first kappa shape index (κ1) is 12.9. The number of halogens is 3. The Morgan fingerprint density at radius 1 is 1.00 bits per heavy atom. The molecule has 0 radical (unpaired) electrons. The summed E-state index contributed by atoms with van der Waals surface area (Å²) in [6, 6.07) is 7.21. The maximum atomic E-state index is 13.4. The number of hydrogen-bond acceptors (Lipinski definition) is 2. The van der Waals surface area contributed by atoms with Gasteiger partial charge in [-0.1, -0.05) is 12.1 Å². The number of hydrogen-bond donors (Lipinski definition) is 2. The molecule has 2 aromatic rings. The topological polar surface area (TPSA) is 55.1 Å². The van der Waals surface area contributed by atoms with Crippen LogP contribution in [0, 0.1) is 17.5 Å². The summed E-state index contributed by atoms with van der Waals surface area (Å²) in [6.07, 6.45) is 0. The SMILES string of the molecule is Nc1c(NC(=O)c2ccccc2F)ccc(F)c1F. The highest BCUT2D eigenvalue weighted by Crippen LogP contribution is 2.24. The van der Waals surface area contributed by atoms with Crippen molar-refractivity contribution >= 4 is 17.3 Å². The molecule has 19 heavy (non-hydrogen) atoms. The number of benzene rings is 2. The Morgan fingerprint density at radius 2 is 1.68 bits per heavy atom. The van der Waals surface area contributed by atoms with Crippen molar-refractivity contribution in [2.45, 2.75) is 0 Å². The highest BCUT2D eigenvalue weighted by Gasteiger charge is 2.15. The van der Waals surface area contributed by atoms with Gasteiger partial charge in [-0.25, -0.2) is 13.2 Å². The van der Waals surface area contributed by atoms with Crippen LogP contribution >= 0.6 is 0 Å². The number of nitrogen functional groups attached to an aromatic ring is 1. The van der Waals surface area contributed by atoms with Crippen LogP contribution in [0.15, 0.2) is 36.4 Å². The zero-order chi connectivity index (χ0) is 14.0. The maximum absolute atomic E-state index is 13.4. The molecule has 0 aliphatic rings. The second-order valence-electron chi connectivity index (χ2n) is 3.76. The molecule has 3 N–H and O–H groups in total. The van der Waals surface area contributed by atoms with Crippen LogP contribution in [0.4, 0.5) is 24.5 Å². The predicted octanol–water partition coefficient (Wildman–Crippen LogP) is 2.94. The van der Waals surface area contributed by atoms with E-state index in [1.807, 2.05) is 0 Å². The van der Waals surface area contributed by atoms with Crippen LogP contribution in [0.25, 0.3) is 0 Å². The number of carbonyl (C=O) groups excluding carboxylic acids is 1. The first-order chi connectivity index (χ1) is 9.00. The molecule has 0 saturated carbocycles. The van der Waals surface area contributed by atoms with E-state index in [0.29, 0.717) is 0 Å². The van der Waals surface area contributed by atoms with Crippen LogP contribution in [0.2, 0.25) is 0 Å². The van der Waals surface area contributed by atoms with Gasteiger partial charge >= 0.3 is 0 Å². The van der Waals surface area contributed by atoms with Crippen molar-refractivity contribution in [3.05, 3.63) is 59.4 Å². The fourth-order valence-electron chi connectivity index (χ4n) is 1.51. The van der Waals surface area contributed by atoms with Crippen LogP contribution < -0.4 is 11.1 Å². The van der Waals surface area contributed by atoms with Crippen molar-refractivity contribution in [2.24, 2.45) is 0 Å². The lowest BCUT2D eigenvalue weighted by Gasteiger charge is -2.09.